The number of carbonyl (C=O) groups excluding carboxylic acids is 1. The van der Waals surface area contributed by atoms with E-state index in [1.54, 1.807) is 0 Å². The molecule has 84 valence electrons. The van der Waals surface area contributed by atoms with Crippen molar-refractivity contribution in [2.45, 2.75) is 32.7 Å². The molecule has 0 saturated carbocycles. The van der Waals surface area contributed by atoms with E-state index >= 15 is 0 Å². The van der Waals surface area contributed by atoms with Gasteiger partial charge in [-0.2, -0.15) is 0 Å². The molecule has 0 aromatic heterocycles. The highest BCUT2D eigenvalue weighted by molar-refractivity contribution is 5.75. The van der Waals surface area contributed by atoms with E-state index in [0.29, 0.717) is 18.9 Å². The minimum absolute atomic E-state index is 0.141. The molecule has 1 atom stereocenters. The van der Waals surface area contributed by atoms with E-state index in [-0.39, 0.29) is 18.6 Å². The Labute approximate surface area is 85.6 Å². The lowest BCUT2D eigenvalue weighted by molar-refractivity contribution is -0.143. The quantitative estimate of drug-likeness (QED) is 0.468. The number of hydrogen-bond donors (Lipinski definition) is 2. The Bertz CT molecular complexity index is 159. The monoisotopic (exact) mass is 203 g/mol. The van der Waals surface area contributed by atoms with Crippen LogP contribution in [0.2, 0.25) is 0 Å². The van der Waals surface area contributed by atoms with Crippen molar-refractivity contribution < 1.29 is 14.6 Å². The molecule has 0 aromatic carbocycles. The molecule has 0 aliphatic carbocycles. The molecule has 0 aromatic rings. The first-order valence-corrected chi connectivity index (χ1v) is 5.03. The highest BCUT2D eigenvalue weighted by Crippen LogP contribution is 2.05. The molecule has 0 fully saturated rings. The summed E-state index contributed by atoms with van der Waals surface area (Å²) in [6.45, 7) is 4.90. The molecule has 0 aliphatic heterocycles. The second kappa shape index (κ2) is 7.76. The van der Waals surface area contributed by atoms with Crippen LogP contribution in [-0.2, 0) is 9.53 Å². The zero-order valence-corrected chi connectivity index (χ0v) is 9.25. The fourth-order valence-corrected chi connectivity index (χ4v) is 1.23. The van der Waals surface area contributed by atoms with Gasteiger partial charge in [-0.3, -0.25) is 4.79 Å². The molecule has 2 N–H and O–H groups in total. The largest absolute Gasteiger partial charge is 0.468 e. The van der Waals surface area contributed by atoms with Crippen LogP contribution in [0.3, 0.4) is 0 Å². The molecule has 0 amide bonds. The van der Waals surface area contributed by atoms with E-state index in [1.807, 2.05) is 0 Å². The molecule has 4 heteroatoms. The Kier molecular flexibility index (Phi) is 7.42. The predicted molar refractivity (Wildman–Crippen MR) is 55.0 cm³/mol. The smallest absolute Gasteiger partial charge is 0.322 e. The fraction of sp³-hybridized carbons (Fsp3) is 0.900. The maximum atomic E-state index is 11.3. The summed E-state index contributed by atoms with van der Waals surface area (Å²) >= 11 is 0. The van der Waals surface area contributed by atoms with Crippen molar-refractivity contribution in [2.24, 2.45) is 5.92 Å². The Morgan fingerprint density at radius 3 is 2.57 bits per heavy atom. The topological polar surface area (TPSA) is 58.6 Å². The highest BCUT2D eigenvalue weighted by Gasteiger charge is 2.18. The van der Waals surface area contributed by atoms with Crippen LogP contribution in [-0.4, -0.2) is 37.4 Å². The number of carbonyl (C=O) groups is 1. The normalized spacial score (nSPS) is 12.9. The van der Waals surface area contributed by atoms with Crippen LogP contribution in [0.25, 0.3) is 0 Å². The second-order valence-electron chi connectivity index (χ2n) is 3.74. The number of esters is 1. The van der Waals surface area contributed by atoms with Crippen molar-refractivity contribution >= 4 is 5.97 Å². The van der Waals surface area contributed by atoms with Crippen molar-refractivity contribution in [3.05, 3.63) is 0 Å². The van der Waals surface area contributed by atoms with Gasteiger partial charge in [0.25, 0.3) is 0 Å². The molecular formula is C10H21NO3. The maximum Gasteiger partial charge on any atom is 0.322 e. The number of methoxy groups -OCH3 is 1. The Hall–Kier alpha value is -0.610. The average Bonchev–Trinajstić information content (AvgIpc) is 2.15. The Balaban J connectivity index is 3.91. The van der Waals surface area contributed by atoms with Crippen LogP contribution in [0.1, 0.15) is 26.7 Å². The van der Waals surface area contributed by atoms with Gasteiger partial charge in [-0.1, -0.05) is 13.8 Å². The van der Waals surface area contributed by atoms with Crippen molar-refractivity contribution in [1.82, 2.24) is 5.32 Å². The van der Waals surface area contributed by atoms with E-state index < -0.39 is 0 Å². The average molecular weight is 203 g/mol. The number of ether oxygens (including phenoxy) is 1. The van der Waals surface area contributed by atoms with Gasteiger partial charge in [-0.15, -0.1) is 0 Å². The third-order valence-corrected chi connectivity index (χ3v) is 1.92. The number of rotatable bonds is 7. The van der Waals surface area contributed by atoms with Gasteiger partial charge < -0.3 is 15.2 Å². The van der Waals surface area contributed by atoms with Crippen LogP contribution in [0.4, 0.5) is 0 Å². The summed E-state index contributed by atoms with van der Waals surface area (Å²) in [7, 11) is 1.39. The summed E-state index contributed by atoms with van der Waals surface area (Å²) in [6.07, 6.45) is 1.42. The summed E-state index contributed by atoms with van der Waals surface area (Å²) in [5.41, 5.74) is 0. The zero-order valence-electron chi connectivity index (χ0n) is 9.25. The number of aliphatic hydroxyl groups is 1. The molecule has 0 radical (unpaired) electrons. The van der Waals surface area contributed by atoms with Gasteiger partial charge in [0.2, 0.25) is 0 Å². The molecule has 0 rings (SSSR count). The third-order valence-electron chi connectivity index (χ3n) is 1.92. The van der Waals surface area contributed by atoms with Crippen LogP contribution in [0.5, 0.6) is 0 Å². The van der Waals surface area contributed by atoms with Crippen molar-refractivity contribution in [3.8, 4) is 0 Å². The molecule has 0 aliphatic rings. The maximum absolute atomic E-state index is 11.3. The van der Waals surface area contributed by atoms with Gasteiger partial charge in [0.1, 0.15) is 6.04 Å². The summed E-state index contributed by atoms with van der Waals surface area (Å²) in [5.74, 6) is 0.220. The molecule has 1 unspecified atom stereocenters. The van der Waals surface area contributed by atoms with E-state index in [1.165, 1.54) is 7.11 Å². The predicted octanol–water partition coefficient (Wildman–Crippen LogP) is 0.546. The first-order valence-electron chi connectivity index (χ1n) is 5.03. The minimum Gasteiger partial charge on any atom is -0.468 e. The standard InChI is InChI=1S/C10H21NO3/c1-8(2)7-9(10(13)14-3)11-5-4-6-12/h8-9,11-12H,4-7H2,1-3H3. The van der Waals surface area contributed by atoms with Gasteiger partial charge in [0.15, 0.2) is 0 Å². The van der Waals surface area contributed by atoms with Gasteiger partial charge >= 0.3 is 5.97 Å². The molecule has 0 heterocycles. The summed E-state index contributed by atoms with van der Waals surface area (Å²) < 4.78 is 4.68. The lowest BCUT2D eigenvalue weighted by atomic mass is 10.0. The zero-order chi connectivity index (χ0) is 11.0. The number of hydrogen-bond acceptors (Lipinski definition) is 4. The minimum atomic E-state index is -0.244. The third kappa shape index (κ3) is 5.94. The summed E-state index contributed by atoms with van der Waals surface area (Å²) in [4.78, 5) is 11.3. The molecule has 0 saturated heterocycles. The SMILES string of the molecule is COC(=O)C(CC(C)C)NCCCO. The first kappa shape index (κ1) is 13.4. The van der Waals surface area contributed by atoms with Gasteiger partial charge in [0, 0.05) is 6.61 Å². The summed E-state index contributed by atoms with van der Waals surface area (Å²) in [6, 6.07) is -0.244. The van der Waals surface area contributed by atoms with Crippen LogP contribution >= 0.6 is 0 Å². The lowest BCUT2D eigenvalue weighted by Crippen LogP contribution is -2.39. The molecule has 14 heavy (non-hydrogen) atoms. The van der Waals surface area contributed by atoms with Crippen molar-refractivity contribution in [1.29, 1.82) is 0 Å². The fourth-order valence-electron chi connectivity index (χ4n) is 1.23. The lowest BCUT2D eigenvalue weighted by Gasteiger charge is -2.17. The second-order valence-corrected chi connectivity index (χ2v) is 3.74. The van der Waals surface area contributed by atoms with Crippen molar-refractivity contribution in [3.63, 3.8) is 0 Å². The van der Waals surface area contributed by atoms with E-state index in [9.17, 15) is 4.79 Å². The van der Waals surface area contributed by atoms with Crippen LogP contribution in [0, 0.1) is 5.92 Å². The van der Waals surface area contributed by atoms with Gasteiger partial charge in [-0.25, -0.2) is 0 Å². The number of aliphatic hydroxyl groups excluding tert-OH is 1. The van der Waals surface area contributed by atoms with E-state index in [4.69, 9.17) is 5.11 Å². The van der Waals surface area contributed by atoms with E-state index in [2.05, 4.69) is 23.9 Å². The van der Waals surface area contributed by atoms with Crippen molar-refractivity contribution in [2.75, 3.05) is 20.3 Å². The Morgan fingerprint density at radius 2 is 2.14 bits per heavy atom. The first-order chi connectivity index (χ1) is 6.61. The molecule has 0 bridgehead atoms. The molecule has 4 nitrogen and oxygen atoms in total. The molecular weight excluding hydrogens is 182 g/mol. The van der Waals surface area contributed by atoms with Crippen LogP contribution < -0.4 is 5.32 Å². The highest BCUT2D eigenvalue weighted by atomic mass is 16.5. The molecule has 0 spiro atoms. The van der Waals surface area contributed by atoms with Gasteiger partial charge in [-0.05, 0) is 25.3 Å². The Morgan fingerprint density at radius 1 is 1.50 bits per heavy atom. The van der Waals surface area contributed by atoms with Gasteiger partial charge in [0.05, 0.1) is 7.11 Å². The number of nitrogens with one attached hydrogen (secondary N) is 1. The van der Waals surface area contributed by atoms with E-state index in [0.717, 1.165) is 6.42 Å². The summed E-state index contributed by atoms with van der Waals surface area (Å²) in [5, 5.41) is 11.7. The van der Waals surface area contributed by atoms with Crippen LogP contribution in [0.15, 0.2) is 0 Å².